The van der Waals surface area contributed by atoms with Crippen LogP contribution in [0, 0.1) is 5.92 Å². The number of hydrogen-bond acceptors (Lipinski definition) is 5. The fourth-order valence-electron chi connectivity index (χ4n) is 3.25. The molecule has 1 aromatic carbocycles. The Morgan fingerprint density at radius 1 is 1.35 bits per heavy atom. The number of amides is 1. The van der Waals surface area contributed by atoms with Crippen molar-refractivity contribution in [1.29, 1.82) is 0 Å². The summed E-state index contributed by atoms with van der Waals surface area (Å²) < 4.78 is 30.5. The fraction of sp³-hybridized carbons (Fsp3) is 0.533. The van der Waals surface area contributed by atoms with E-state index in [1.54, 1.807) is 24.3 Å². The second kappa shape index (κ2) is 5.12. The van der Waals surface area contributed by atoms with Gasteiger partial charge in [-0.1, -0.05) is 0 Å². The number of hydrogen-bond donors (Lipinski definition) is 1. The minimum Gasteiger partial charge on any atom is -0.489 e. The van der Waals surface area contributed by atoms with Gasteiger partial charge in [0.25, 0.3) is 0 Å². The summed E-state index contributed by atoms with van der Waals surface area (Å²) in [6.45, 7) is 0.432. The van der Waals surface area contributed by atoms with Gasteiger partial charge in [0.2, 0.25) is 15.9 Å². The number of ether oxygens (including phenoxy) is 1. The maximum absolute atomic E-state index is 12.5. The molecule has 124 valence electrons. The molecule has 0 aromatic heterocycles. The van der Waals surface area contributed by atoms with E-state index in [-0.39, 0.29) is 12.0 Å². The van der Waals surface area contributed by atoms with E-state index in [0.717, 1.165) is 17.3 Å². The first kappa shape index (κ1) is 15.3. The van der Waals surface area contributed by atoms with E-state index in [2.05, 4.69) is 5.32 Å². The predicted molar refractivity (Wildman–Crippen MR) is 89.2 cm³/mol. The largest absolute Gasteiger partial charge is 0.489 e. The summed E-state index contributed by atoms with van der Waals surface area (Å²) in [6.07, 6.45) is 0.692. The van der Waals surface area contributed by atoms with Crippen LogP contribution in [-0.4, -0.2) is 54.6 Å². The molecule has 0 bridgehead atoms. The Hall–Kier alpha value is -1.25. The summed E-state index contributed by atoms with van der Waals surface area (Å²) in [5, 5.41) is 2.75. The van der Waals surface area contributed by atoms with Crippen molar-refractivity contribution in [3.05, 3.63) is 24.3 Å². The van der Waals surface area contributed by atoms with Crippen LogP contribution in [0.15, 0.2) is 24.3 Å². The Kier molecular flexibility index (Phi) is 3.40. The van der Waals surface area contributed by atoms with Crippen molar-refractivity contribution in [2.24, 2.45) is 5.92 Å². The second-order valence-electron chi connectivity index (χ2n) is 6.33. The maximum atomic E-state index is 12.5. The van der Waals surface area contributed by atoms with Gasteiger partial charge in [0.15, 0.2) is 4.75 Å². The van der Waals surface area contributed by atoms with Crippen LogP contribution in [-0.2, 0) is 14.8 Å². The predicted octanol–water partition coefficient (Wildman–Crippen LogP) is 1.15. The number of carbonyl (C=O) groups is 1. The molecule has 4 rings (SSSR count). The number of carbonyl (C=O) groups excluding carboxylic acids is 1. The van der Waals surface area contributed by atoms with Crippen molar-refractivity contribution >= 4 is 33.4 Å². The van der Waals surface area contributed by atoms with Gasteiger partial charge in [0.05, 0.1) is 0 Å². The molecule has 2 aliphatic heterocycles. The van der Waals surface area contributed by atoms with Crippen LogP contribution < -0.4 is 10.1 Å². The minimum atomic E-state index is -3.54. The van der Waals surface area contributed by atoms with E-state index < -0.39 is 20.7 Å². The highest BCUT2D eigenvalue weighted by atomic mass is 32.2. The lowest BCUT2D eigenvalue weighted by Gasteiger charge is -2.25. The number of sulfonamides is 1. The molecule has 0 radical (unpaired) electrons. The standard InChI is InChI=1S/C15H18N2O4S2/c1-17-7-10-6-15(10,23(17,19)20)14(18)16-11-2-4-12(5-3-11)21-13-8-22-9-13/h2-5,10,13H,6-9H2,1H3,(H,16,18)/t10-,15-/m0/s1. The average Bonchev–Trinajstić information content (AvgIpc) is 3.16. The van der Waals surface area contributed by atoms with Crippen molar-refractivity contribution in [2.45, 2.75) is 17.3 Å². The van der Waals surface area contributed by atoms with Gasteiger partial charge in [0, 0.05) is 36.7 Å². The molecule has 0 spiro atoms. The van der Waals surface area contributed by atoms with Gasteiger partial charge >= 0.3 is 0 Å². The highest BCUT2D eigenvalue weighted by Gasteiger charge is 2.74. The Morgan fingerprint density at radius 3 is 2.57 bits per heavy atom. The minimum absolute atomic E-state index is 0.0868. The topological polar surface area (TPSA) is 75.7 Å². The van der Waals surface area contributed by atoms with Gasteiger partial charge in [-0.15, -0.1) is 0 Å². The monoisotopic (exact) mass is 354 g/mol. The number of fused-ring (bicyclic) bond motifs is 1. The molecule has 1 amide bonds. The zero-order valence-corrected chi connectivity index (χ0v) is 14.3. The van der Waals surface area contributed by atoms with Gasteiger partial charge in [-0.2, -0.15) is 11.8 Å². The molecule has 3 fully saturated rings. The van der Waals surface area contributed by atoms with Crippen molar-refractivity contribution in [3.8, 4) is 5.75 Å². The lowest BCUT2D eigenvalue weighted by Crippen LogP contribution is -2.40. The summed E-state index contributed by atoms with van der Waals surface area (Å²) in [5.74, 6) is 2.28. The zero-order valence-electron chi connectivity index (χ0n) is 12.7. The SMILES string of the molecule is CN1C[C@@H]2C[C@]2(C(=O)Nc2ccc(OC3CSC3)cc2)S1(=O)=O. The van der Waals surface area contributed by atoms with Crippen molar-refractivity contribution in [2.75, 3.05) is 30.4 Å². The van der Waals surface area contributed by atoms with Gasteiger partial charge in [-0.25, -0.2) is 12.7 Å². The maximum Gasteiger partial charge on any atom is 0.247 e. The highest BCUT2D eigenvalue weighted by Crippen LogP contribution is 2.57. The van der Waals surface area contributed by atoms with Crippen LogP contribution in [0.1, 0.15) is 6.42 Å². The summed E-state index contributed by atoms with van der Waals surface area (Å²) in [6, 6.07) is 7.10. The van der Waals surface area contributed by atoms with E-state index >= 15 is 0 Å². The van der Waals surface area contributed by atoms with Crippen molar-refractivity contribution < 1.29 is 17.9 Å². The molecule has 8 heteroatoms. The first-order valence-electron chi connectivity index (χ1n) is 7.55. The van der Waals surface area contributed by atoms with E-state index in [4.69, 9.17) is 4.74 Å². The van der Waals surface area contributed by atoms with Crippen LogP contribution in [0.2, 0.25) is 0 Å². The molecule has 2 saturated heterocycles. The lowest BCUT2D eigenvalue weighted by atomic mass is 10.2. The first-order valence-corrected chi connectivity index (χ1v) is 10.1. The number of benzene rings is 1. The van der Waals surface area contributed by atoms with Crippen LogP contribution in [0.4, 0.5) is 5.69 Å². The van der Waals surface area contributed by atoms with Crippen molar-refractivity contribution in [1.82, 2.24) is 4.31 Å². The normalized spacial score (nSPS) is 32.0. The smallest absolute Gasteiger partial charge is 0.247 e. The molecular formula is C15H18N2O4S2. The molecule has 23 heavy (non-hydrogen) atoms. The van der Waals surface area contributed by atoms with Gasteiger partial charge in [0.1, 0.15) is 11.9 Å². The summed E-state index contributed by atoms with van der Waals surface area (Å²) in [5.41, 5.74) is 0.593. The Morgan fingerprint density at radius 2 is 2.04 bits per heavy atom. The van der Waals surface area contributed by atoms with E-state index in [0.29, 0.717) is 18.7 Å². The molecule has 2 atom stereocenters. The Balaban J connectivity index is 1.45. The molecule has 1 aromatic rings. The summed E-state index contributed by atoms with van der Waals surface area (Å²) in [4.78, 5) is 12.5. The van der Waals surface area contributed by atoms with Crippen LogP contribution >= 0.6 is 11.8 Å². The molecule has 1 aliphatic carbocycles. The van der Waals surface area contributed by atoms with Crippen molar-refractivity contribution in [3.63, 3.8) is 0 Å². The summed E-state index contributed by atoms with van der Waals surface area (Å²) >= 11 is 1.85. The molecular weight excluding hydrogens is 336 g/mol. The van der Waals surface area contributed by atoms with Gasteiger partial charge in [-0.3, -0.25) is 4.79 Å². The number of thioether (sulfide) groups is 1. The third-order valence-corrected chi connectivity index (χ3v) is 8.59. The lowest BCUT2D eigenvalue weighted by molar-refractivity contribution is -0.116. The van der Waals surface area contributed by atoms with Gasteiger partial charge < -0.3 is 10.1 Å². The molecule has 0 unspecified atom stereocenters. The summed E-state index contributed by atoms with van der Waals surface area (Å²) in [7, 11) is -2.01. The third kappa shape index (κ3) is 2.27. The van der Waals surface area contributed by atoms with Gasteiger partial charge in [-0.05, 0) is 30.7 Å². The first-order chi connectivity index (χ1) is 10.9. The second-order valence-corrected chi connectivity index (χ2v) is 9.71. The fourth-order valence-corrected chi connectivity index (χ4v) is 5.93. The highest BCUT2D eigenvalue weighted by molar-refractivity contribution is 8.00. The number of nitrogens with one attached hydrogen (secondary N) is 1. The number of anilines is 1. The van der Waals surface area contributed by atoms with Crippen LogP contribution in [0.3, 0.4) is 0 Å². The molecule has 2 heterocycles. The quantitative estimate of drug-likeness (QED) is 0.878. The Labute approximate surface area is 139 Å². The van der Waals surface area contributed by atoms with Crippen LogP contribution in [0.5, 0.6) is 5.75 Å². The average molecular weight is 354 g/mol. The number of nitrogens with zero attached hydrogens (tertiary/aromatic N) is 1. The Bertz CT molecular complexity index is 745. The van der Waals surface area contributed by atoms with Crippen LogP contribution in [0.25, 0.3) is 0 Å². The molecule has 1 N–H and O–H groups in total. The van der Waals surface area contributed by atoms with E-state index in [1.165, 1.54) is 11.4 Å². The third-order valence-electron chi connectivity index (χ3n) is 4.80. The zero-order chi connectivity index (χ0) is 16.2. The van der Waals surface area contributed by atoms with E-state index in [1.807, 2.05) is 11.8 Å². The van der Waals surface area contributed by atoms with E-state index in [9.17, 15) is 13.2 Å². The molecule has 1 saturated carbocycles. The molecule has 6 nitrogen and oxygen atoms in total. The number of rotatable bonds is 4. The molecule has 3 aliphatic rings.